The number of rotatable bonds is 4. The molecule has 0 aliphatic carbocycles. The molecule has 0 amide bonds. The van der Waals surface area contributed by atoms with Crippen molar-refractivity contribution in [3.05, 3.63) is 105 Å². The van der Waals surface area contributed by atoms with E-state index in [4.69, 9.17) is 0 Å². The second-order valence-corrected chi connectivity index (χ2v) is 9.46. The van der Waals surface area contributed by atoms with Crippen molar-refractivity contribution in [3.8, 4) is 0 Å². The molecule has 0 aliphatic rings. The van der Waals surface area contributed by atoms with Crippen LogP contribution in [0.15, 0.2) is 60.7 Å². The first-order valence-electron chi connectivity index (χ1n) is 10.3. The zero-order valence-electron chi connectivity index (χ0n) is 18.8. The minimum absolute atomic E-state index is 0.0381. The van der Waals surface area contributed by atoms with Gasteiger partial charge in [-0.05, 0) is 61.1 Å². The highest BCUT2D eigenvalue weighted by Gasteiger charge is 2.30. The highest BCUT2D eigenvalue weighted by Crippen LogP contribution is 2.40. The largest absolute Gasteiger partial charge is 0.0590 e. The minimum Gasteiger partial charge on any atom is -0.0590 e. The van der Waals surface area contributed by atoms with Gasteiger partial charge in [-0.25, -0.2) is 0 Å². The van der Waals surface area contributed by atoms with Gasteiger partial charge in [0.05, 0.1) is 0 Å². The van der Waals surface area contributed by atoms with Gasteiger partial charge in [-0.3, -0.25) is 0 Å². The van der Waals surface area contributed by atoms with E-state index in [0.717, 1.165) is 0 Å². The SMILES string of the molecule is Cc1ccc(C(C)(C)c2cc(C(C)(C)c3ccc(C)cc3)c(C)cc2C)cc1. The molecule has 0 spiro atoms. The third-order valence-corrected chi connectivity index (χ3v) is 6.46. The predicted octanol–water partition coefficient (Wildman–Crippen LogP) is 7.57. The van der Waals surface area contributed by atoms with E-state index in [1.807, 2.05) is 0 Å². The monoisotopic (exact) mass is 370 g/mol. The first kappa shape index (κ1) is 20.4. The summed E-state index contributed by atoms with van der Waals surface area (Å²) >= 11 is 0. The van der Waals surface area contributed by atoms with Gasteiger partial charge in [-0.15, -0.1) is 0 Å². The zero-order chi connectivity index (χ0) is 20.7. The van der Waals surface area contributed by atoms with Crippen molar-refractivity contribution in [3.63, 3.8) is 0 Å². The van der Waals surface area contributed by atoms with Crippen LogP contribution in [0.2, 0.25) is 0 Å². The van der Waals surface area contributed by atoms with Crippen LogP contribution in [-0.4, -0.2) is 0 Å². The topological polar surface area (TPSA) is 0 Å². The van der Waals surface area contributed by atoms with Crippen molar-refractivity contribution in [2.45, 2.75) is 66.2 Å². The van der Waals surface area contributed by atoms with Gasteiger partial charge in [0.15, 0.2) is 0 Å². The molecule has 0 fully saturated rings. The van der Waals surface area contributed by atoms with E-state index < -0.39 is 0 Å². The summed E-state index contributed by atoms with van der Waals surface area (Å²) in [6.45, 7) is 18.2. The van der Waals surface area contributed by atoms with Crippen molar-refractivity contribution in [2.75, 3.05) is 0 Å². The van der Waals surface area contributed by atoms with Gasteiger partial charge in [0.2, 0.25) is 0 Å². The van der Waals surface area contributed by atoms with Crippen LogP contribution in [0.25, 0.3) is 0 Å². The molecule has 0 aromatic heterocycles. The zero-order valence-corrected chi connectivity index (χ0v) is 18.8. The highest BCUT2D eigenvalue weighted by atomic mass is 14.3. The van der Waals surface area contributed by atoms with Crippen LogP contribution in [0.5, 0.6) is 0 Å². The molecule has 146 valence electrons. The second kappa shape index (κ2) is 7.24. The van der Waals surface area contributed by atoms with E-state index in [2.05, 4.69) is 116 Å². The molecule has 0 radical (unpaired) electrons. The van der Waals surface area contributed by atoms with Crippen molar-refractivity contribution in [1.82, 2.24) is 0 Å². The van der Waals surface area contributed by atoms with Gasteiger partial charge in [0, 0.05) is 10.8 Å². The summed E-state index contributed by atoms with van der Waals surface area (Å²) in [5.74, 6) is 0. The van der Waals surface area contributed by atoms with E-state index in [9.17, 15) is 0 Å². The number of hydrogen-bond donors (Lipinski definition) is 0. The van der Waals surface area contributed by atoms with Crippen molar-refractivity contribution < 1.29 is 0 Å². The van der Waals surface area contributed by atoms with E-state index in [-0.39, 0.29) is 10.8 Å². The van der Waals surface area contributed by atoms with Crippen molar-refractivity contribution in [2.24, 2.45) is 0 Å². The van der Waals surface area contributed by atoms with E-state index in [1.165, 1.54) is 44.5 Å². The molecule has 0 atom stereocenters. The summed E-state index contributed by atoms with van der Waals surface area (Å²) in [6.07, 6.45) is 0. The quantitative estimate of drug-likeness (QED) is 0.444. The van der Waals surface area contributed by atoms with Gasteiger partial charge in [-0.2, -0.15) is 0 Å². The van der Waals surface area contributed by atoms with Gasteiger partial charge in [0.25, 0.3) is 0 Å². The Morgan fingerprint density at radius 3 is 1.11 bits per heavy atom. The molecule has 0 nitrogen and oxygen atoms in total. The van der Waals surface area contributed by atoms with Crippen LogP contribution < -0.4 is 0 Å². The lowest BCUT2D eigenvalue weighted by Gasteiger charge is -2.33. The number of aryl methyl sites for hydroxylation is 4. The Kier molecular flexibility index (Phi) is 5.28. The standard InChI is InChI=1S/C28H34/c1-19-9-13-23(14-10-19)27(5,6)25-18-26(22(4)17-21(25)3)28(7,8)24-15-11-20(2)12-16-24/h9-18H,1-8H3. The van der Waals surface area contributed by atoms with E-state index >= 15 is 0 Å². The average molecular weight is 371 g/mol. The normalized spacial score (nSPS) is 12.3. The molecule has 0 N–H and O–H groups in total. The smallest absolute Gasteiger partial charge is 0.0149 e. The van der Waals surface area contributed by atoms with Crippen LogP contribution in [0, 0.1) is 27.7 Å². The fourth-order valence-electron chi connectivity index (χ4n) is 4.45. The van der Waals surface area contributed by atoms with Gasteiger partial charge < -0.3 is 0 Å². The van der Waals surface area contributed by atoms with Gasteiger partial charge in [0.1, 0.15) is 0 Å². The molecule has 3 rings (SSSR count). The number of hydrogen-bond acceptors (Lipinski definition) is 0. The van der Waals surface area contributed by atoms with Crippen molar-refractivity contribution >= 4 is 0 Å². The summed E-state index contributed by atoms with van der Waals surface area (Å²) in [6, 6.07) is 22.8. The highest BCUT2D eigenvalue weighted by molar-refractivity contribution is 5.51. The fourth-order valence-corrected chi connectivity index (χ4v) is 4.45. The Morgan fingerprint density at radius 2 is 0.786 bits per heavy atom. The molecule has 0 saturated carbocycles. The average Bonchev–Trinajstić information content (AvgIpc) is 2.62. The summed E-state index contributed by atoms with van der Waals surface area (Å²) in [4.78, 5) is 0. The molecule has 0 unspecified atom stereocenters. The van der Waals surface area contributed by atoms with Crippen LogP contribution in [0.1, 0.15) is 72.2 Å². The molecular weight excluding hydrogens is 336 g/mol. The Labute approximate surface area is 171 Å². The maximum Gasteiger partial charge on any atom is 0.0149 e. The third kappa shape index (κ3) is 3.65. The summed E-state index contributed by atoms with van der Waals surface area (Å²) in [5, 5.41) is 0. The Balaban J connectivity index is 2.15. The predicted molar refractivity (Wildman–Crippen MR) is 123 cm³/mol. The summed E-state index contributed by atoms with van der Waals surface area (Å²) in [7, 11) is 0. The molecule has 0 aliphatic heterocycles. The molecule has 0 bridgehead atoms. The summed E-state index contributed by atoms with van der Waals surface area (Å²) in [5.41, 5.74) is 10.8. The first-order chi connectivity index (χ1) is 13.0. The second-order valence-electron chi connectivity index (χ2n) is 9.46. The molecule has 0 heteroatoms. The third-order valence-electron chi connectivity index (χ3n) is 6.46. The Morgan fingerprint density at radius 1 is 0.464 bits per heavy atom. The van der Waals surface area contributed by atoms with Crippen LogP contribution >= 0.6 is 0 Å². The van der Waals surface area contributed by atoms with Crippen molar-refractivity contribution in [1.29, 1.82) is 0 Å². The van der Waals surface area contributed by atoms with Gasteiger partial charge in [-0.1, -0.05) is 99.5 Å². The Hall–Kier alpha value is -2.34. The molecule has 3 aromatic carbocycles. The molecule has 3 aromatic rings. The fraction of sp³-hybridized carbons (Fsp3) is 0.357. The van der Waals surface area contributed by atoms with E-state index in [1.54, 1.807) is 0 Å². The molecular formula is C28H34. The maximum absolute atomic E-state index is 2.46. The molecule has 0 saturated heterocycles. The molecule has 0 heterocycles. The number of benzene rings is 3. The molecule has 28 heavy (non-hydrogen) atoms. The van der Waals surface area contributed by atoms with E-state index in [0.29, 0.717) is 0 Å². The van der Waals surface area contributed by atoms with Crippen LogP contribution in [0.3, 0.4) is 0 Å². The van der Waals surface area contributed by atoms with Crippen LogP contribution in [-0.2, 0) is 10.8 Å². The summed E-state index contributed by atoms with van der Waals surface area (Å²) < 4.78 is 0. The maximum atomic E-state index is 2.46. The van der Waals surface area contributed by atoms with Gasteiger partial charge >= 0.3 is 0 Å². The first-order valence-corrected chi connectivity index (χ1v) is 10.3. The Bertz CT molecular complexity index is 889. The van der Waals surface area contributed by atoms with Crippen LogP contribution in [0.4, 0.5) is 0 Å². The lowest BCUT2D eigenvalue weighted by Crippen LogP contribution is -2.25. The lowest BCUT2D eigenvalue weighted by atomic mass is 9.70. The minimum atomic E-state index is -0.0381. The lowest BCUT2D eigenvalue weighted by molar-refractivity contribution is 0.611.